The van der Waals surface area contributed by atoms with Crippen LogP contribution < -0.4 is 4.90 Å². The number of carbonyl (C=O) groups excluding carboxylic acids is 2. The lowest BCUT2D eigenvalue weighted by Crippen LogP contribution is -2.48. The van der Waals surface area contributed by atoms with Crippen LogP contribution in [0.25, 0.3) is 0 Å². The number of likely N-dealkylation sites (N-methyl/N-ethyl adjacent to an activating group) is 1. The number of alkyl halides is 2. The van der Waals surface area contributed by atoms with Crippen LogP contribution in [-0.4, -0.2) is 37.9 Å². The Kier molecular flexibility index (Phi) is 6.01. The highest BCUT2D eigenvalue weighted by atomic mass is 32.2. The lowest BCUT2D eigenvalue weighted by atomic mass is 9.92. The van der Waals surface area contributed by atoms with Crippen molar-refractivity contribution in [1.29, 1.82) is 5.26 Å². The summed E-state index contributed by atoms with van der Waals surface area (Å²) in [4.78, 5) is 29.0. The van der Waals surface area contributed by atoms with Crippen LogP contribution in [0.3, 0.4) is 0 Å². The van der Waals surface area contributed by atoms with Gasteiger partial charge in [0.05, 0.1) is 34.0 Å². The van der Waals surface area contributed by atoms with Crippen LogP contribution in [0.5, 0.6) is 0 Å². The Morgan fingerprint density at radius 1 is 1.14 bits per heavy atom. The molecule has 1 atom stereocenters. The van der Waals surface area contributed by atoms with Gasteiger partial charge < -0.3 is 4.90 Å². The van der Waals surface area contributed by atoms with E-state index in [1.807, 2.05) is 6.07 Å². The van der Waals surface area contributed by atoms with Crippen molar-refractivity contribution >= 4 is 27.3 Å². The second kappa shape index (κ2) is 8.57. The first-order chi connectivity index (χ1) is 16.4. The van der Waals surface area contributed by atoms with Crippen LogP contribution in [0.1, 0.15) is 49.4 Å². The summed E-state index contributed by atoms with van der Waals surface area (Å²) in [5.41, 5.74) is 0.890. The van der Waals surface area contributed by atoms with Crippen LogP contribution >= 0.6 is 0 Å². The second-order valence-corrected chi connectivity index (χ2v) is 10.9. The number of Topliss-reactive ketones (excluding diaryl/α,β-unsaturated/α-hetero) is 1. The van der Waals surface area contributed by atoms with Crippen molar-refractivity contribution in [3.8, 4) is 6.07 Å². The van der Waals surface area contributed by atoms with Gasteiger partial charge in [0.25, 0.3) is 5.92 Å². The molecule has 0 fully saturated rings. The molecule has 1 heterocycles. The van der Waals surface area contributed by atoms with E-state index in [0.717, 1.165) is 6.92 Å². The molecular formula is C25H23F2N3O4S. The number of rotatable bonds is 5. The summed E-state index contributed by atoms with van der Waals surface area (Å²) >= 11 is 0. The third-order valence-electron chi connectivity index (χ3n) is 6.39. The molecule has 10 heteroatoms. The topological polar surface area (TPSA) is 98.5 Å². The molecule has 2 amide bonds. The van der Waals surface area contributed by atoms with Gasteiger partial charge in [0.1, 0.15) is 0 Å². The first-order valence-corrected chi connectivity index (χ1v) is 12.6. The molecule has 2 aromatic rings. The normalized spacial score (nSPS) is 18.7. The summed E-state index contributed by atoms with van der Waals surface area (Å²) in [7, 11) is -2.37. The van der Waals surface area contributed by atoms with Crippen molar-refractivity contribution in [3.63, 3.8) is 0 Å². The van der Waals surface area contributed by atoms with Crippen LogP contribution in [0.2, 0.25) is 0 Å². The van der Waals surface area contributed by atoms with E-state index in [0.29, 0.717) is 5.70 Å². The van der Waals surface area contributed by atoms with Gasteiger partial charge >= 0.3 is 6.03 Å². The first kappa shape index (κ1) is 24.5. The minimum Gasteiger partial charge on any atom is -0.316 e. The lowest BCUT2D eigenvalue weighted by molar-refractivity contribution is -0.115. The summed E-state index contributed by atoms with van der Waals surface area (Å²) < 4.78 is 53.8. The maximum absolute atomic E-state index is 14.0. The molecule has 1 aliphatic heterocycles. The van der Waals surface area contributed by atoms with Crippen LogP contribution in [0.15, 0.2) is 58.6 Å². The Labute approximate surface area is 202 Å². The maximum atomic E-state index is 14.0. The molecular weight excluding hydrogens is 476 g/mol. The molecule has 35 heavy (non-hydrogen) atoms. The van der Waals surface area contributed by atoms with Crippen LogP contribution in [0.4, 0.5) is 19.3 Å². The number of sulfone groups is 1. The summed E-state index contributed by atoms with van der Waals surface area (Å²) in [6, 6.07) is 9.92. The molecule has 7 nitrogen and oxygen atoms in total. The number of hydrogen-bond donors (Lipinski definition) is 0. The van der Waals surface area contributed by atoms with Crippen molar-refractivity contribution in [1.82, 2.24) is 4.90 Å². The highest BCUT2D eigenvalue weighted by Crippen LogP contribution is 2.46. The quantitative estimate of drug-likeness (QED) is 0.594. The van der Waals surface area contributed by atoms with E-state index in [2.05, 4.69) is 0 Å². The van der Waals surface area contributed by atoms with E-state index in [1.54, 1.807) is 0 Å². The molecule has 0 N–H and O–H groups in total. The predicted octanol–water partition coefficient (Wildman–Crippen LogP) is 4.69. The summed E-state index contributed by atoms with van der Waals surface area (Å²) in [6.07, 6.45) is 0.317. The minimum absolute atomic E-state index is 0.106. The fourth-order valence-corrected chi connectivity index (χ4v) is 5.74. The van der Waals surface area contributed by atoms with Gasteiger partial charge in [0.15, 0.2) is 15.6 Å². The molecule has 0 saturated carbocycles. The Morgan fingerprint density at radius 3 is 2.49 bits per heavy atom. The summed E-state index contributed by atoms with van der Waals surface area (Å²) in [6.45, 7) is 2.23. The lowest BCUT2D eigenvalue weighted by Gasteiger charge is -2.41. The van der Waals surface area contributed by atoms with Gasteiger partial charge in [-0.3, -0.25) is 9.69 Å². The number of halogens is 2. The average molecular weight is 500 g/mol. The van der Waals surface area contributed by atoms with Crippen molar-refractivity contribution in [2.75, 3.05) is 17.7 Å². The fraction of sp³-hybridized carbons (Fsp3) is 0.320. The third-order valence-corrected chi connectivity index (χ3v) is 8.17. The van der Waals surface area contributed by atoms with E-state index in [-0.39, 0.29) is 57.2 Å². The number of nitriles is 1. The Bertz CT molecular complexity index is 1420. The third kappa shape index (κ3) is 4.10. The number of hydrogen-bond acceptors (Lipinski definition) is 5. The molecule has 0 radical (unpaired) electrons. The van der Waals surface area contributed by atoms with Crippen LogP contribution in [0, 0.1) is 11.3 Å². The average Bonchev–Trinajstić information content (AvgIpc) is 3.20. The van der Waals surface area contributed by atoms with Crippen LogP contribution in [-0.2, 0) is 20.6 Å². The number of ketones is 1. The minimum atomic E-state index is -3.81. The highest BCUT2D eigenvalue weighted by molar-refractivity contribution is 7.91. The summed E-state index contributed by atoms with van der Waals surface area (Å²) in [5.74, 6) is -3.61. The zero-order valence-corrected chi connectivity index (χ0v) is 20.2. The van der Waals surface area contributed by atoms with Gasteiger partial charge in [-0.1, -0.05) is 25.1 Å². The number of allylic oxidation sites excluding steroid dienone is 1. The largest absolute Gasteiger partial charge is 0.329 e. The maximum Gasteiger partial charge on any atom is 0.329 e. The predicted molar refractivity (Wildman–Crippen MR) is 125 cm³/mol. The number of benzene rings is 2. The molecule has 4 rings (SSSR count). The van der Waals surface area contributed by atoms with Crippen molar-refractivity contribution < 1.29 is 26.8 Å². The second-order valence-electron chi connectivity index (χ2n) is 8.62. The smallest absolute Gasteiger partial charge is 0.316 e. The Hall–Kier alpha value is -3.58. The monoisotopic (exact) mass is 499 g/mol. The molecule has 182 valence electrons. The van der Waals surface area contributed by atoms with E-state index in [1.165, 1.54) is 66.2 Å². The van der Waals surface area contributed by atoms with Crippen molar-refractivity contribution in [2.24, 2.45) is 0 Å². The molecule has 0 saturated heterocycles. The zero-order chi connectivity index (χ0) is 25.7. The fourth-order valence-electron chi connectivity index (χ4n) is 4.59. The van der Waals surface area contributed by atoms with Gasteiger partial charge in [0, 0.05) is 37.2 Å². The Balaban J connectivity index is 1.95. The number of urea groups is 1. The van der Waals surface area contributed by atoms with E-state index < -0.39 is 27.8 Å². The zero-order valence-electron chi connectivity index (χ0n) is 19.4. The standard InChI is InChI=1S/C25H23F2N3O4S/c1-4-35(33,34)21-12-15(14-28)8-9-18(21)23-22-19(10-11-20(22)31)30(24(32)29(23)3)17-7-5-6-16(13-17)25(2,26)27/h5-9,12-13,23H,4,10-11H2,1-3H3. The molecule has 1 aliphatic carbocycles. The molecule has 2 aromatic carbocycles. The molecule has 1 unspecified atom stereocenters. The number of nitrogens with zero attached hydrogens (tertiary/aromatic N) is 3. The SMILES string of the molecule is CCS(=O)(=O)c1cc(C#N)ccc1C1C2=C(CCC2=O)N(c2cccc(C(C)(F)F)c2)C(=O)N1C. The first-order valence-electron chi connectivity index (χ1n) is 11.0. The Morgan fingerprint density at radius 2 is 1.86 bits per heavy atom. The van der Waals surface area contributed by atoms with Crippen molar-refractivity contribution in [2.45, 2.75) is 43.5 Å². The molecule has 2 aliphatic rings. The number of amides is 2. The van der Waals surface area contributed by atoms with E-state index in [4.69, 9.17) is 0 Å². The summed E-state index contributed by atoms with van der Waals surface area (Å²) in [5, 5.41) is 9.30. The molecule has 0 bridgehead atoms. The van der Waals surface area contributed by atoms with Gasteiger partial charge in [-0.2, -0.15) is 5.26 Å². The van der Waals surface area contributed by atoms with E-state index in [9.17, 15) is 32.0 Å². The van der Waals surface area contributed by atoms with Gasteiger partial charge in [0.2, 0.25) is 0 Å². The van der Waals surface area contributed by atoms with Gasteiger partial charge in [-0.15, -0.1) is 0 Å². The number of carbonyl (C=O) groups is 2. The van der Waals surface area contributed by atoms with E-state index >= 15 is 0 Å². The number of anilines is 1. The molecule has 0 aromatic heterocycles. The van der Waals surface area contributed by atoms with Crippen molar-refractivity contribution in [3.05, 3.63) is 70.4 Å². The van der Waals surface area contributed by atoms with Gasteiger partial charge in [-0.25, -0.2) is 22.0 Å². The molecule has 0 spiro atoms. The van der Waals surface area contributed by atoms with Gasteiger partial charge in [-0.05, 0) is 36.2 Å². The highest BCUT2D eigenvalue weighted by Gasteiger charge is 2.46.